The molecule has 2 rings (SSSR count). The standard InChI is InChI=1S/C16H15NO2S/c1-11-7-8-14(15(9-11)20-18)16(17-2)12-5-4-6-13(10-12)19-3/h2,4-10,16H,1,3H3/p+1/t16-/m1/s1. The van der Waals surface area contributed by atoms with E-state index in [9.17, 15) is 4.55 Å². The minimum Gasteiger partial charge on any atom is -0.497 e. The number of hydrogen-bond acceptors (Lipinski definition) is 3. The molecular weight excluding hydrogens is 270 g/mol. The number of methoxy groups -OCH3 is 1. The topological polar surface area (TPSA) is 33.8 Å². The normalized spacial score (nSPS) is 11.7. The van der Waals surface area contributed by atoms with Crippen LogP contribution in [0.2, 0.25) is 0 Å². The van der Waals surface area contributed by atoms with E-state index in [1.165, 1.54) is 0 Å². The average Bonchev–Trinajstić information content (AvgIpc) is 2.49. The third kappa shape index (κ3) is 2.96. The molecule has 0 radical (unpaired) electrons. The molecule has 0 aliphatic heterocycles. The van der Waals surface area contributed by atoms with Crippen molar-refractivity contribution in [2.45, 2.75) is 17.9 Å². The van der Waals surface area contributed by atoms with Crippen molar-refractivity contribution in [1.29, 1.82) is 0 Å². The summed E-state index contributed by atoms with van der Waals surface area (Å²) in [5.41, 5.74) is 2.87. The van der Waals surface area contributed by atoms with Crippen molar-refractivity contribution in [3.05, 3.63) is 64.0 Å². The van der Waals surface area contributed by atoms with Gasteiger partial charge in [-0.3, -0.25) is 0 Å². The second-order valence-corrected chi connectivity index (χ2v) is 5.08. The van der Waals surface area contributed by atoms with E-state index < -0.39 is 0 Å². The predicted octanol–water partition coefficient (Wildman–Crippen LogP) is 4.62. The van der Waals surface area contributed by atoms with Crippen molar-refractivity contribution in [1.82, 2.24) is 0 Å². The van der Waals surface area contributed by atoms with Crippen molar-refractivity contribution in [3.63, 3.8) is 0 Å². The van der Waals surface area contributed by atoms with E-state index in [2.05, 4.69) is 4.85 Å². The average molecular weight is 286 g/mol. The van der Waals surface area contributed by atoms with Crippen LogP contribution in [0.3, 0.4) is 0 Å². The molecule has 2 aromatic rings. The molecule has 1 N–H and O–H groups in total. The minimum atomic E-state index is -0.333. The van der Waals surface area contributed by atoms with Crippen LogP contribution in [-0.2, 0) is 0 Å². The van der Waals surface area contributed by atoms with Crippen LogP contribution in [-0.4, -0.2) is 11.7 Å². The molecule has 0 saturated carbocycles. The first-order valence-corrected chi connectivity index (χ1v) is 6.93. The predicted molar refractivity (Wildman–Crippen MR) is 82.8 cm³/mol. The van der Waals surface area contributed by atoms with Crippen LogP contribution < -0.4 is 4.74 Å². The fraction of sp³-hybridized carbons (Fsp3) is 0.188. The van der Waals surface area contributed by atoms with Crippen LogP contribution in [0.15, 0.2) is 47.4 Å². The maximum Gasteiger partial charge on any atom is 0.323 e. The van der Waals surface area contributed by atoms with Crippen LogP contribution in [0.5, 0.6) is 5.75 Å². The highest BCUT2D eigenvalue weighted by Gasteiger charge is 2.26. The molecule has 20 heavy (non-hydrogen) atoms. The molecule has 0 aliphatic rings. The lowest BCUT2D eigenvalue weighted by molar-refractivity contribution is 0.414. The number of hydrogen-bond donors (Lipinski definition) is 1. The molecule has 0 spiro atoms. The monoisotopic (exact) mass is 286 g/mol. The van der Waals surface area contributed by atoms with Gasteiger partial charge in [-0.1, -0.05) is 23.0 Å². The third-order valence-corrected chi connectivity index (χ3v) is 3.67. The largest absolute Gasteiger partial charge is 0.497 e. The molecule has 0 heterocycles. The van der Waals surface area contributed by atoms with E-state index in [-0.39, 0.29) is 6.04 Å². The Bertz CT molecular complexity index is 649. The maximum atomic E-state index is 9.44. The fourth-order valence-electron chi connectivity index (χ4n) is 2.10. The molecule has 0 aliphatic carbocycles. The molecule has 0 aromatic heterocycles. The van der Waals surface area contributed by atoms with Gasteiger partial charge >= 0.3 is 6.04 Å². The first-order chi connectivity index (χ1) is 9.69. The van der Waals surface area contributed by atoms with Gasteiger partial charge in [-0.2, -0.15) is 0 Å². The Balaban J connectivity index is 2.50. The van der Waals surface area contributed by atoms with E-state index in [0.29, 0.717) is 12.0 Å². The van der Waals surface area contributed by atoms with E-state index in [4.69, 9.17) is 11.3 Å². The Morgan fingerprint density at radius 1 is 1.25 bits per heavy atom. The van der Waals surface area contributed by atoms with Gasteiger partial charge in [0.25, 0.3) is 6.57 Å². The van der Waals surface area contributed by atoms with E-state index in [1.54, 1.807) is 7.11 Å². The molecule has 1 atom stereocenters. The Hall–Kier alpha value is -1.96. The molecule has 0 unspecified atom stereocenters. The molecule has 2 aromatic carbocycles. The third-order valence-electron chi connectivity index (χ3n) is 3.12. The van der Waals surface area contributed by atoms with Gasteiger partial charge in [-0.25, -0.2) is 0 Å². The highest BCUT2D eigenvalue weighted by molar-refractivity contribution is 7.93. The Morgan fingerprint density at radius 3 is 2.70 bits per heavy atom. The molecule has 3 nitrogen and oxygen atoms in total. The summed E-state index contributed by atoms with van der Waals surface area (Å²) in [5, 5.41) is 0. The maximum absolute atomic E-state index is 9.44. The van der Waals surface area contributed by atoms with Gasteiger partial charge < -0.3 is 9.29 Å². The van der Waals surface area contributed by atoms with Crippen molar-refractivity contribution in [2.75, 3.05) is 7.11 Å². The summed E-state index contributed by atoms with van der Waals surface area (Å²) in [6.45, 7) is 7.56. The van der Waals surface area contributed by atoms with Gasteiger partial charge in [-0.15, -0.1) is 0 Å². The molecule has 0 fully saturated rings. The molecule has 4 heteroatoms. The van der Waals surface area contributed by atoms with Crippen LogP contribution >= 0.6 is 12.0 Å². The van der Waals surface area contributed by atoms with Crippen LogP contribution in [0.4, 0.5) is 0 Å². The fourth-order valence-corrected chi connectivity index (χ4v) is 2.63. The first kappa shape index (κ1) is 14.4. The summed E-state index contributed by atoms with van der Waals surface area (Å²) in [6, 6.07) is 13.1. The van der Waals surface area contributed by atoms with E-state index in [0.717, 1.165) is 27.3 Å². The summed E-state index contributed by atoms with van der Waals surface area (Å²) < 4.78 is 14.7. The lowest BCUT2D eigenvalue weighted by Gasteiger charge is -2.09. The second kappa shape index (κ2) is 6.47. The number of nitrogens with zero attached hydrogens (tertiary/aromatic N) is 1. The first-order valence-electron chi connectivity index (χ1n) is 6.15. The molecular formula is C16H16NO2S+. The molecule has 0 amide bonds. The van der Waals surface area contributed by atoms with Crippen LogP contribution in [0.1, 0.15) is 22.7 Å². The number of aryl methyl sites for hydroxylation is 1. The zero-order chi connectivity index (χ0) is 14.5. The zero-order valence-electron chi connectivity index (χ0n) is 11.4. The van der Waals surface area contributed by atoms with E-state index >= 15 is 0 Å². The molecule has 0 saturated heterocycles. The minimum absolute atomic E-state index is 0.333. The summed E-state index contributed by atoms with van der Waals surface area (Å²) >= 11 is 0.711. The number of ether oxygens (including phenoxy) is 1. The van der Waals surface area contributed by atoms with Crippen molar-refractivity contribution in [3.8, 4) is 12.3 Å². The van der Waals surface area contributed by atoms with Gasteiger partial charge in [0.1, 0.15) is 5.75 Å². The van der Waals surface area contributed by atoms with Gasteiger partial charge in [0.05, 0.1) is 12.7 Å². The van der Waals surface area contributed by atoms with E-state index in [1.807, 2.05) is 49.4 Å². The van der Waals surface area contributed by atoms with Gasteiger partial charge in [0, 0.05) is 22.5 Å². The lowest BCUT2D eigenvalue weighted by Crippen LogP contribution is -1.99. The number of rotatable bonds is 4. The van der Waals surface area contributed by atoms with Crippen molar-refractivity contribution < 1.29 is 9.29 Å². The summed E-state index contributed by atoms with van der Waals surface area (Å²) in [7, 11) is 1.62. The quantitative estimate of drug-likeness (QED) is 0.833. The Labute approximate surface area is 123 Å². The summed E-state index contributed by atoms with van der Waals surface area (Å²) in [6.07, 6.45) is 0. The Morgan fingerprint density at radius 2 is 2.05 bits per heavy atom. The molecule has 0 bridgehead atoms. The summed E-state index contributed by atoms with van der Waals surface area (Å²) in [5.74, 6) is 0.751. The molecule has 102 valence electrons. The van der Waals surface area contributed by atoms with Crippen molar-refractivity contribution >= 4 is 12.0 Å². The highest BCUT2D eigenvalue weighted by atomic mass is 32.2. The SMILES string of the molecule is C#[N+][C@H](c1cccc(OC)c1)c1ccc(C)cc1SO. The Kier molecular flexibility index (Phi) is 4.67. The summed E-state index contributed by atoms with van der Waals surface area (Å²) in [4.78, 5) is 4.72. The van der Waals surface area contributed by atoms with Gasteiger partial charge in [0.15, 0.2) is 0 Å². The smallest absolute Gasteiger partial charge is 0.323 e. The highest BCUT2D eigenvalue weighted by Crippen LogP contribution is 2.34. The van der Waals surface area contributed by atoms with Gasteiger partial charge in [-0.05, 0) is 36.8 Å². The zero-order valence-corrected chi connectivity index (χ0v) is 12.2. The van der Waals surface area contributed by atoms with Gasteiger partial charge in [0.2, 0.25) is 0 Å². The lowest BCUT2D eigenvalue weighted by atomic mass is 9.98. The second-order valence-electron chi connectivity index (χ2n) is 4.46. The van der Waals surface area contributed by atoms with Crippen LogP contribution in [0, 0.1) is 13.5 Å². The number of benzene rings is 2. The van der Waals surface area contributed by atoms with Crippen LogP contribution in [0.25, 0.3) is 4.85 Å². The van der Waals surface area contributed by atoms with Crippen molar-refractivity contribution in [2.24, 2.45) is 0 Å².